The highest BCUT2D eigenvalue weighted by molar-refractivity contribution is 6.07. The van der Waals surface area contributed by atoms with Crippen molar-refractivity contribution in [2.45, 2.75) is 18.9 Å². The molecule has 0 radical (unpaired) electrons. The van der Waals surface area contributed by atoms with Gasteiger partial charge in [-0.3, -0.25) is 14.6 Å². The number of esters is 1. The molecule has 1 aliphatic rings. The lowest BCUT2D eigenvalue weighted by molar-refractivity contribution is -0.142. The van der Waals surface area contributed by atoms with Crippen LogP contribution in [-0.4, -0.2) is 36.6 Å². The lowest BCUT2D eigenvalue weighted by atomic mass is 10.0. The Bertz CT molecular complexity index is 761. The third-order valence-corrected chi connectivity index (χ3v) is 4.17. The Morgan fingerprint density at radius 3 is 2.75 bits per heavy atom. The Morgan fingerprint density at radius 2 is 2.04 bits per heavy atom. The number of amides is 1. The number of nitrogens with zero attached hydrogens (tertiary/aromatic N) is 2. The summed E-state index contributed by atoms with van der Waals surface area (Å²) in [4.78, 5) is 29.8. The molecule has 1 aliphatic heterocycles. The quantitative estimate of drug-likeness (QED) is 0.857. The van der Waals surface area contributed by atoms with Crippen LogP contribution < -0.4 is 10.6 Å². The first kappa shape index (κ1) is 16.1. The number of ether oxygens (including phenoxy) is 1. The lowest BCUT2D eigenvalue weighted by Crippen LogP contribution is -2.33. The van der Waals surface area contributed by atoms with E-state index in [0.717, 1.165) is 23.2 Å². The van der Waals surface area contributed by atoms with Crippen molar-refractivity contribution >= 4 is 17.6 Å². The summed E-state index contributed by atoms with van der Waals surface area (Å²) < 4.78 is 4.65. The number of rotatable bonds is 4. The predicted octanol–water partition coefficient (Wildman–Crippen LogP) is 1.33. The average molecular weight is 325 g/mol. The van der Waals surface area contributed by atoms with E-state index >= 15 is 0 Å². The molecule has 1 atom stereocenters. The van der Waals surface area contributed by atoms with Gasteiger partial charge in [-0.05, 0) is 42.2 Å². The van der Waals surface area contributed by atoms with E-state index in [1.807, 2.05) is 18.2 Å². The van der Waals surface area contributed by atoms with Gasteiger partial charge in [0.15, 0.2) is 0 Å². The van der Waals surface area contributed by atoms with Crippen LogP contribution in [0.5, 0.6) is 0 Å². The van der Waals surface area contributed by atoms with Crippen LogP contribution in [0.4, 0.5) is 5.69 Å². The third kappa shape index (κ3) is 3.14. The second-order valence-corrected chi connectivity index (χ2v) is 5.74. The molecule has 0 bridgehead atoms. The first-order chi connectivity index (χ1) is 11.6. The predicted molar refractivity (Wildman–Crippen MR) is 89.8 cm³/mol. The molecule has 0 fully saturated rings. The minimum absolute atomic E-state index is 0.0323. The highest BCUT2D eigenvalue weighted by Gasteiger charge is 2.26. The Labute approximate surface area is 140 Å². The molecule has 124 valence electrons. The van der Waals surface area contributed by atoms with Crippen molar-refractivity contribution in [1.82, 2.24) is 4.98 Å². The molecule has 2 heterocycles. The van der Waals surface area contributed by atoms with Crippen molar-refractivity contribution in [1.29, 1.82) is 0 Å². The molecule has 6 nitrogen and oxygen atoms in total. The van der Waals surface area contributed by atoms with Gasteiger partial charge < -0.3 is 15.4 Å². The van der Waals surface area contributed by atoms with Crippen molar-refractivity contribution in [3.63, 3.8) is 0 Å². The number of fused-ring (bicyclic) bond motifs is 1. The van der Waals surface area contributed by atoms with Crippen LogP contribution in [0, 0.1) is 0 Å². The SMILES string of the molecule is COC(=O)C(N)Cc1ccc2c(c1)CCN2C(=O)c1ccncc1. The topological polar surface area (TPSA) is 85.5 Å². The van der Waals surface area contributed by atoms with Gasteiger partial charge in [0.1, 0.15) is 6.04 Å². The van der Waals surface area contributed by atoms with Gasteiger partial charge in [-0.25, -0.2) is 0 Å². The van der Waals surface area contributed by atoms with E-state index in [-0.39, 0.29) is 5.91 Å². The molecule has 1 unspecified atom stereocenters. The van der Waals surface area contributed by atoms with Gasteiger partial charge >= 0.3 is 5.97 Å². The van der Waals surface area contributed by atoms with E-state index in [9.17, 15) is 9.59 Å². The summed E-state index contributed by atoms with van der Waals surface area (Å²) in [6, 6.07) is 8.58. The van der Waals surface area contributed by atoms with Crippen LogP contribution in [0.15, 0.2) is 42.7 Å². The molecule has 2 N–H and O–H groups in total. The standard InChI is InChI=1S/C18H19N3O3/c1-24-18(23)15(19)11-12-2-3-16-14(10-12)6-9-21(16)17(22)13-4-7-20-8-5-13/h2-5,7-8,10,15H,6,9,11,19H2,1H3. The Hall–Kier alpha value is -2.73. The van der Waals surface area contributed by atoms with Crippen LogP contribution in [0.25, 0.3) is 0 Å². The van der Waals surface area contributed by atoms with Gasteiger partial charge in [-0.15, -0.1) is 0 Å². The van der Waals surface area contributed by atoms with Crippen molar-refractivity contribution in [3.8, 4) is 0 Å². The zero-order chi connectivity index (χ0) is 17.1. The van der Waals surface area contributed by atoms with E-state index < -0.39 is 12.0 Å². The summed E-state index contributed by atoms with van der Waals surface area (Å²) >= 11 is 0. The Kier molecular flexibility index (Phi) is 4.57. The highest BCUT2D eigenvalue weighted by atomic mass is 16.5. The molecule has 3 rings (SSSR count). The number of hydrogen-bond donors (Lipinski definition) is 1. The third-order valence-electron chi connectivity index (χ3n) is 4.17. The van der Waals surface area contributed by atoms with Gasteiger partial charge in [0.25, 0.3) is 5.91 Å². The summed E-state index contributed by atoms with van der Waals surface area (Å²) in [6.07, 6.45) is 4.43. The highest BCUT2D eigenvalue weighted by Crippen LogP contribution is 2.30. The van der Waals surface area contributed by atoms with Gasteiger partial charge in [-0.1, -0.05) is 12.1 Å². The van der Waals surface area contributed by atoms with Gasteiger partial charge in [0.05, 0.1) is 7.11 Å². The van der Waals surface area contributed by atoms with Gasteiger partial charge in [-0.2, -0.15) is 0 Å². The molecule has 6 heteroatoms. The molecular formula is C18H19N3O3. The number of hydrogen-bond acceptors (Lipinski definition) is 5. The molecule has 0 saturated heterocycles. The average Bonchev–Trinajstić information content (AvgIpc) is 3.04. The summed E-state index contributed by atoms with van der Waals surface area (Å²) in [7, 11) is 1.33. The minimum Gasteiger partial charge on any atom is -0.468 e. The largest absolute Gasteiger partial charge is 0.468 e. The van der Waals surface area contributed by atoms with Crippen molar-refractivity contribution in [2.75, 3.05) is 18.6 Å². The maximum atomic E-state index is 12.6. The molecule has 1 aromatic heterocycles. The maximum absolute atomic E-state index is 12.6. The number of carbonyl (C=O) groups is 2. The molecule has 2 aromatic rings. The second kappa shape index (κ2) is 6.80. The first-order valence-electron chi connectivity index (χ1n) is 7.77. The minimum atomic E-state index is -0.677. The molecule has 24 heavy (non-hydrogen) atoms. The maximum Gasteiger partial charge on any atom is 0.322 e. The number of pyridine rings is 1. The van der Waals surface area contributed by atoms with Crippen LogP contribution in [0.3, 0.4) is 0 Å². The van der Waals surface area contributed by atoms with Gasteiger partial charge in [0.2, 0.25) is 0 Å². The summed E-state index contributed by atoms with van der Waals surface area (Å²) in [6.45, 7) is 0.642. The fourth-order valence-electron chi connectivity index (χ4n) is 2.93. The summed E-state index contributed by atoms with van der Waals surface area (Å²) in [5.74, 6) is -0.458. The zero-order valence-corrected chi connectivity index (χ0v) is 13.4. The summed E-state index contributed by atoms with van der Waals surface area (Å²) in [5.41, 5.74) is 9.39. The van der Waals surface area contributed by atoms with E-state index in [4.69, 9.17) is 5.73 Å². The van der Waals surface area contributed by atoms with Gasteiger partial charge in [0, 0.05) is 30.2 Å². The second-order valence-electron chi connectivity index (χ2n) is 5.74. The molecular weight excluding hydrogens is 306 g/mol. The van der Waals surface area contributed by atoms with Crippen LogP contribution in [0.1, 0.15) is 21.5 Å². The van der Waals surface area contributed by atoms with E-state index in [0.29, 0.717) is 18.5 Å². The molecule has 1 aromatic carbocycles. The number of anilines is 1. The number of methoxy groups -OCH3 is 1. The molecule has 0 saturated carbocycles. The number of benzene rings is 1. The van der Waals surface area contributed by atoms with E-state index in [2.05, 4.69) is 9.72 Å². The van der Waals surface area contributed by atoms with E-state index in [1.54, 1.807) is 29.4 Å². The fraction of sp³-hybridized carbons (Fsp3) is 0.278. The van der Waals surface area contributed by atoms with Crippen LogP contribution >= 0.6 is 0 Å². The van der Waals surface area contributed by atoms with Crippen molar-refractivity contribution in [3.05, 3.63) is 59.4 Å². The first-order valence-corrected chi connectivity index (χ1v) is 7.77. The Balaban J connectivity index is 1.78. The summed E-state index contributed by atoms with van der Waals surface area (Å²) in [5, 5.41) is 0. The fourth-order valence-corrected chi connectivity index (χ4v) is 2.93. The van der Waals surface area contributed by atoms with Crippen molar-refractivity contribution < 1.29 is 14.3 Å². The number of aromatic nitrogens is 1. The lowest BCUT2D eigenvalue weighted by Gasteiger charge is -2.18. The Morgan fingerprint density at radius 1 is 1.29 bits per heavy atom. The number of carbonyl (C=O) groups excluding carboxylic acids is 2. The molecule has 0 spiro atoms. The van der Waals surface area contributed by atoms with Crippen LogP contribution in [-0.2, 0) is 22.4 Å². The molecule has 0 aliphatic carbocycles. The number of nitrogens with two attached hydrogens (primary N) is 1. The monoisotopic (exact) mass is 325 g/mol. The van der Waals surface area contributed by atoms with E-state index in [1.165, 1.54) is 7.11 Å². The van der Waals surface area contributed by atoms with Crippen LogP contribution in [0.2, 0.25) is 0 Å². The normalized spacial score (nSPS) is 14.2. The van der Waals surface area contributed by atoms with Crippen molar-refractivity contribution in [2.24, 2.45) is 5.73 Å². The zero-order valence-electron chi connectivity index (χ0n) is 13.4. The smallest absolute Gasteiger partial charge is 0.322 e. The molecule has 1 amide bonds.